The molecular weight excluding hydrogens is 313 g/mol. The number of nitrogen functional groups attached to an aromatic ring is 1. The minimum atomic E-state index is -0.980. The Morgan fingerprint density at radius 1 is 1.50 bits per heavy atom. The van der Waals surface area contributed by atoms with E-state index in [2.05, 4.69) is 22.6 Å². The highest BCUT2D eigenvalue weighted by Gasteiger charge is 2.11. The summed E-state index contributed by atoms with van der Waals surface area (Å²) in [6, 6.07) is 3.34. The minimum absolute atomic E-state index is 0.175. The Hall–Kier alpha value is -0.820. The molecule has 0 amide bonds. The topological polar surface area (TPSA) is 63.3 Å². The molecule has 0 bridgehead atoms. The average molecular weight is 319 g/mol. The fourth-order valence-corrected chi connectivity index (χ4v) is 3.10. The quantitative estimate of drug-likeness (QED) is 0.627. The van der Waals surface area contributed by atoms with Gasteiger partial charge in [0, 0.05) is 24.7 Å². The lowest BCUT2D eigenvalue weighted by Gasteiger charge is -2.00. The van der Waals surface area contributed by atoms with Crippen LogP contribution in [0.5, 0.6) is 0 Å². The SMILES string of the molecule is Nc1cc2scc(I)c2cc1C(=O)O. The van der Waals surface area contributed by atoms with Crippen LogP contribution < -0.4 is 5.73 Å². The first-order chi connectivity index (χ1) is 6.59. The zero-order valence-corrected chi connectivity index (χ0v) is 9.93. The molecule has 2 aromatic rings. The maximum atomic E-state index is 10.8. The maximum absolute atomic E-state index is 10.8. The predicted molar refractivity (Wildman–Crippen MR) is 65.9 cm³/mol. The molecule has 72 valence electrons. The van der Waals surface area contributed by atoms with Gasteiger partial charge >= 0.3 is 5.97 Å². The van der Waals surface area contributed by atoms with Crippen LogP contribution in [0.25, 0.3) is 10.1 Å². The highest BCUT2D eigenvalue weighted by molar-refractivity contribution is 14.1. The summed E-state index contributed by atoms with van der Waals surface area (Å²) < 4.78 is 2.09. The Bertz CT molecular complexity index is 521. The van der Waals surface area contributed by atoms with Gasteiger partial charge in [-0.3, -0.25) is 0 Å². The van der Waals surface area contributed by atoms with Crippen molar-refractivity contribution >= 4 is 55.7 Å². The van der Waals surface area contributed by atoms with Crippen LogP contribution in [0.2, 0.25) is 0 Å². The third-order valence-corrected chi connectivity index (χ3v) is 4.19. The first kappa shape index (κ1) is 9.72. The number of hydrogen-bond acceptors (Lipinski definition) is 3. The molecule has 14 heavy (non-hydrogen) atoms. The molecule has 0 radical (unpaired) electrons. The molecule has 0 spiro atoms. The number of fused-ring (bicyclic) bond motifs is 1. The van der Waals surface area contributed by atoms with Crippen molar-refractivity contribution in [1.82, 2.24) is 0 Å². The normalized spacial score (nSPS) is 10.6. The van der Waals surface area contributed by atoms with Crippen molar-refractivity contribution in [3.05, 3.63) is 26.6 Å². The van der Waals surface area contributed by atoms with E-state index in [1.807, 2.05) is 5.38 Å². The molecule has 2 rings (SSSR count). The third kappa shape index (κ3) is 1.46. The lowest BCUT2D eigenvalue weighted by atomic mass is 10.1. The van der Waals surface area contributed by atoms with Gasteiger partial charge in [-0.25, -0.2) is 4.79 Å². The Labute approximate surface area is 97.7 Å². The first-order valence-electron chi connectivity index (χ1n) is 3.79. The molecular formula is C9H6INO2S. The lowest BCUT2D eigenvalue weighted by molar-refractivity contribution is 0.0698. The Kier molecular flexibility index (Phi) is 2.36. The monoisotopic (exact) mass is 319 g/mol. The highest BCUT2D eigenvalue weighted by atomic mass is 127. The molecule has 0 aliphatic heterocycles. The second kappa shape index (κ2) is 3.39. The van der Waals surface area contributed by atoms with Crippen LogP contribution in [0.1, 0.15) is 10.4 Å². The van der Waals surface area contributed by atoms with Crippen LogP contribution in [0, 0.1) is 3.57 Å². The van der Waals surface area contributed by atoms with E-state index in [1.165, 1.54) is 0 Å². The van der Waals surface area contributed by atoms with Crippen molar-refractivity contribution in [3.8, 4) is 0 Å². The number of carboxylic acid groups (broad SMARTS) is 1. The van der Waals surface area contributed by atoms with Gasteiger partial charge in [0.1, 0.15) is 0 Å². The number of aromatic carboxylic acids is 1. The highest BCUT2D eigenvalue weighted by Crippen LogP contribution is 2.30. The van der Waals surface area contributed by atoms with Gasteiger partial charge in [0.05, 0.1) is 5.56 Å². The Balaban J connectivity index is 2.80. The molecule has 0 saturated heterocycles. The van der Waals surface area contributed by atoms with Crippen molar-refractivity contribution in [1.29, 1.82) is 0 Å². The summed E-state index contributed by atoms with van der Waals surface area (Å²) in [7, 11) is 0. The molecule has 3 N–H and O–H groups in total. The van der Waals surface area contributed by atoms with Crippen LogP contribution in [-0.4, -0.2) is 11.1 Å². The molecule has 0 saturated carbocycles. The number of thiophene rings is 1. The standard InChI is InChI=1S/C9H6INO2S/c10-6-3-14-8-2-7(11)5(9(12)13)1-4(6)8/h1-3H,11H2,(H,12,13). The van der Waals surface area contributed by atoms with Gasteiger partial charge in [-0.05, 0) is 34.7 Å². The molecule has 0 atom stereocenters. The maximum Gasteiger partial charge on any atom is 0.337 e. The van der Waals surface area contributed by atoms with Crippen LogP contribution in [0.4, 0.5) is 5.69 Å². The number of nitrogens with two attached hydrogens (primary N) is 1. The summed E-state index contributed by atoms with van der Waals surface area (Å²) in [6.45, 7) is 0. The summed E-state index contributed by atoms with van der Waals surface area (Å²) in [5, 5.41) is 11.8. The van der Waals surface area contributed by atoms with Crippen molar-refractivity contribution in [3.63, 3.8) is 0 Å². The number of carboxylic acids is 1. The summed E-state index contributed by atoms with van der Waals surface area (Å²) >= 11 is 3.75. The van der Waals surface area contributed by atoms with Gasteiger partial charge < -0.3 is 10.8 Å². The molecule has 0 aliphatic rings. The van der Waals surface area contributed by atoms with Gasteiger partial charge in [-0.1, -0.05) is 0 Å². The van der Waals surface area contributed by atoms with E-state index in [4.69, 9.17) is 10.8 Å². The summed E-state index contributed by atoms with van der Waals surface area (Å²) in [5.74, 6) is -0.980. The number of halogens is 1. The zero-order valence-electron chi connectivity index (χ0n) is 6.95. The van der Waals surface area contributed by atoms with E-state index < -0.39 is 5.97 Å². The van der Waals surface area contributed by atoms with Crippen LogP contribution >= 0.6 is 33.9 Å². The molecule has 1 aromatic carbocycles. The number of anilines is 1. The average Bonchev–Trinajstić information content (AvgIpc) is 2.46. The molecule has 5 heteroatoms. The van der Waals surface area contributed by atoms with E-state index in [0.29, 0.717) is 5.69 Å². The number of carbonyl (C=O) groups is 1. The minimum Gasteiger partial charge on any atom is -0.478 e. The van der Waals surface area contributed by atoms with E-state index in [9.17, 15) is 4.79 Å². The van der Waals surface area contributed by atoms with Gasteiger partial charge in [0.15, 0.2) is 0 Å². The zero-order chi connectivity index (χ0) is 10.3. The van der Waals surface area contributed by atoms with E-state index in [0.717, 1.165) is 13.7 Å². The molecule has 0 aliphatic carbocycles. The summed E-state index contributed by atoms with van der Waals surface area (Å²) in [4.78, 5) is 10.8. The molecule has 1 heterocycles. The van der Waals surface area contributed by atoms with Crippen molar-refractivity contribution in [2.45, 2.75) is 0 Å². The first-order valence-corrected chi connectivity index (χ1v) is 5.75. The van der Waals surface area contributed by atoms with E-state index >= 15 is 0 Å². The second-order valence-electron chi connectivity index (χ2n) is 2.82. The Morgan fingerprint density at radius 3 is 2.86 bits per heavy atom. The molecule has 0 fully saturated rings. The molecule has 1 aromatic heterocycles. The van der Waals surface area contributed by atoms with Crippen molar-refractivity contribution in [2.24, 2.45) is 0 Å². The molecule has 0 unspecified atom stereocenters. The number of rotatable bonds is 1. The Morgan fingerprint density at radius 2 is 2.21 bits per heavy atom. The fourth-order valence-electron chi connectivity index (χ4n) is 1.24. The lowest BCUT2D eigenvalue weighted by Crippen LogP contribution is -2.01. The third-order valence-electron chi connectivity index (χ3n) is 1.93. The predicted octanol–water partition coefficient (Wildman–Crippen LogP) is 2.79. The van der Waals surface area contributed by atoms with Gasteiger partial charge in [-0.15, -0.1) is 11.3 Å². The van der Waals surface area contributed by atoms with Crippen LogP contribution in [-0.2, 0) is 0 Å². The van der Waals surface area contributed by atoms with Gasteiger partial charge in [-0.2, -0.15) is 0 Å². The van der Waals surface area contributed by atoms with Gasteiger partial charge in [0.2, 0.25) is 0 Å². The smallest absolute Gasteiger partial charge is 0.337 e. The second-order valence-corrected chi connectivity index (χ2v) is 4.90. The van der Waals surface area contributed by atoms with Gasteiger partial charge in [0.25, 0.3) is 0 Å². The number of hydrogen-bond donors (Lipinski definition) is 2. The summed E-state index contributed by atoms with van der Waals surface area (Å²) in [5.41, 5.74) is 6.12. The van der Waals surface area contributed by atoms with E-state index in [1.54, 1.807) is 23.5 Å². The summed E-state index contributed by atoms with van der Waals surface area (Å²) in [6.07, 6.45) is 0. The molecule has 3 nitrogen and oxygen atoms in total. The van der Waals surface area contributed by atoms with Crippen LogP contribution in [0.15, 0.2) is 17.5 Å². The van der Waals surface area contributed by atoms with Crippen molar-refractivity contribution < 1.29 is 9.90 Å². The van der Waals surface area contributed by atoms with Crippen molar-refractivity contribution in [2.75, 3.05) is 5.73 Å². The van der Waals surface area contributed by atoms with E-state index in [-0.39, 0.29) is 5.56 Å². The van der Waals surface area contributed by atoms with Crippen LogP contribution in [0.3, 0.4) is 0 Å². The number of benzene rings is 1. The largest absolute Gasteiger partial charge is 0.478 e. The fraction of sp³-hybridized carbons (Fsp3) is 0.